The number of carboxylic acids is 1. The number of carboxylic acid groups (broad SMARTS) is 1. The van der Waals surface area contributed by atoms with Gasteiger partial charge in [0.05, 0.1) is 12.0 Å². The van der Waals surface area contributed by atoms with Crippen LogP contribution in [0.4, 0.5) is 10.1 Å². The van der Waals surface area contributed by atoms with Crippen molar-refractivity contribution in [2.45, 2.75) is 6.42 Å². The maximum atomic E-state index is 14.9. The van der Waals surface area contributed by atoms with Crippen LogP contribution in [-0.2, 0) is 11.2 Å². The summed E-state index contributed by atoms with van der Waals surface area (Å²) in [6.07, 6.45) is -0.246. The Labute approximate surface area is 160 Å². The quantitative estimate of drug-likeness (QED) is 0.649. The van der Waals surface area contributed by atoms with Gasteiger partial charge < -0.3 is 10.4 Å². The molecule has 0 aliphatic rings. The van der Waals surface area contributed by atoms with E-state index >= 15 is 0 Å². The molecule has 0 spiro atoms. The fraction of sp³-hybridized carbons (Fsp3) is 0.0476. The molecule has 0 fully saturated rings. The number of carbonyl (C=O) groups excluding carboxylic acids is 1. The molecule has 0 aromatic heterocycles. The van der Waals surface area contributed by atoms with E-state index in [2.05, 4.69) is 5.32 Å². The van der Waals surface area contributed by atoms with Gasteiger partial charge in [-0.15, -0.1) is 0 Å². The highest BCUT2D eigenvalue weighted by Crippen LogP contribution is 2.27. The number of hydrogen-bond donors (Lipinski definition) is 2. The summed E-state index contributed by atoms with van der Waals surface area (Å²) in [6.45, 7) is 0. The minimum atomic E-state index is -1.02. The molecule has 0 unspecified atom stereocenters. The molecular formula is C21H15ClFNO3. The van der Waals surface area contributed by atoms with Gasteiger partial charge in [0.15, 0.2) is 0 Å². The molecule has 3 aromatic rings. The molecule has 4 nitrogen and oxygen atoms in total. The smallest absolute Gasteiger partial charge is 0.307 e. The Hall–Kier alpha value is -3.18. The van der Waals surface area contributed by atoms with Gasteiger partial charge in [-0.1, -0.05) is 54.1 Å². The summed E-state index contributed by atoms with van der Waals surface area (Å²) < 4.78 is 14.9. The molecule has 1 amide bonds. The topological polar surface area (TPSA) is 66.4 Å². The third-order valence-electron chi connectivity index (χ3n) is 4.01. The van der Waals surface area contributed by atoms with Crippen LogP contribution < -0.4 is 5.32 Å². The molecule has 0 radical (unpaired) electrons. The molecule has 3 aromatic carbocycles. The van der Waals surface area contributed by atoms with Crippen LogP contribution in [-0.4, -0.2) is 17.0 Å². The van der Waals surface area contributed by atoms with Gasteiger partial charge in [-0.3, -0.25) is 9.59 Å². The standard InChI is InChI=1S/C21H15ClFNO3/c22-15-10-8-13(9-11-15)16-5-3-6-17(20(16)23)21(27)24-18-7-2-1-4-14(18)12-19(25)26/h1-11H,12H2,(H,24,27)(H,25,26). The van der Waals surface area contributed by atoms with Gasteiger partial charge in [-0.25, -0.2) is 4.39 Å². The number of rotatable bonds is 5. The van der Waals surface area contributed by atoms with E-state index in [-0.39, 0.29) is 17.5 Å². The average Bonchev–Trinajstić information content (AvgIpc) is 2.64. The summed E-state index contributed by atoms with van der Waals surface area (Å²) in [7, 11) is 0. The van der Waals surface area contributed by atoms with E-state index < -0.39 is 17.7 Å². The second-order valence-electron chi connectivity index (χ2n) is 5.86. The molecule has 0 heterocycles. The zero-order chi connectivity index (χ0) is 19.4. The van der Waals surface area contributed by atoms with E-state index in [1.807, 2.05) is 0 Å². The number of benzene rings is 3. The van der Waals surface area contributed by atoms with Crippen LogP contribution in [0.2, 0.25) is 5.02 Å². The second-order valence-corrected chi connectivity index (χ2v) is 6.29. The largest absolute Gasteiger partial charge is 0.481 e. The van der Waals surface area contributed by atoms with Crippen molar-refractivity contribution in [2.24, 2.45) is 0 Å². The number of anilines is 1. The lowest BCUT2D eigenvalue weighted by Crippen LogP contribution is -2.16. The van der Waals surface area contributed by atoms with Gasteiger partial charge in [0.1, 0.15) is 5.82 Å². The van der Waals surface area contributed by atoms with E-state index in [1.54, 1.807) is 60.7 Å². The average molecular weight is 384 g/mol. The fourth-order valence-corrected chi connectivity index (χ4v) is 2.83. The van der Waals surface area contributed by atoms with Crippen molar-refractivity contribution in [2.75, 3.05) is 5.32 Å². The van der Waals surface area contributed by atoms with E-state index in [0.29, 0.717) is 21.8 Å². The Kier molecular flexibility index (Phi) is 5.52. The van der Waals surface area contributed by atoms with Crippen molar-refractivity contribution in [3.05, 3.63) is 88.7 Å². The van der Waals surface area contributed by atoms with Gasteiger partial charge in [-0.05, 0) is 35.4 Å². The van der Waals surface area contributed by atoms with Crippen molar-refractivity contribution >= 4 is 29.2 Å². The van der Waals surface area contributed by atoms with Crippen LogP contribution in [0.1, 0.15) is 15.9 Å². The van der Waals surface area contributed by atoms with E-state index in [0.717, 1.165) is 0 Å². The predicted molar refractivity (Wildman–Crippen MR) is 103 cm³/mol. The maximum Gasteiger partial charge on any atom is 0.307 e. The summed E-state index contributed by atoms with van der Waals surface area (Å²) in [5.41, 5.74) is 1.51. The van der Waals surface area contributed by atoms with Gasteiger partial charge in [0.25, 0.3) is 5.91 Å². The number of amides is 1. The van der Waals surface area contributed by atoms with Crippen LogP contribution in [0.15, 0.2) is 66.7 Å². The van der Waals surface area contributed by atoms with Gasteiger partial charge in [0, 0.05) is 16.3 Å². The SMILES string of the molecule is O=C(O)Cc1ccccc1NC(=O)c1cccc(-c2ccc(Cl)cc2)c1F. The highest BCUT2D eigenvalue weighted by molar-refractivity contribution is 6.30. The molecule has 0 atom stereocenters. The minimum absolute atomic E-state index is 0.132. The molecule has 0 bridgehead atoms. The Bertz CT molecular complexity index is 1000. The molecule has 0 saturated carbocycles. The molecular weight excluding hydrogens is 369 g/mol. The van der Waals surface area contributed by atoms with Crippen LogP contribution >= 0.6 is 11.6 Å². The van der Waals surface area contributed by atoms with E-state index in [9.17, 15) is 14.0 Å². The maximum absolute atomic E-state index is 14.9. The first kappa shape index (κ1) is 18.6. The molecule has 0 aliphatic carbocycles. The number of carbonyl (C=O) groups is 2. The van der Waals surface area contributed by atoms with Crippen molar-refractivity contribution in [1.29, 1.82) is 0 Å². The lowest BCUT2D eigenvalue weighted by molar-refractivity contribution is -0.136. The van der Waals surface area contributed by atoms with Crippen LogP contribution in [0, 0.1) is 5.82 Å². The molecule has 0 saturated heterocycles. The van der Waals surface area contributed by atoms with Crippen LogP contribution in [0.5, 0.6) is 0 Å². The van der Waals surface area contributed by atoms with Crippen molar-refractivity contribution in [3.8, 4) is 11.1 Å². The molecule has 136 valence electrons. The van der Waals surface area contributed by atoms with Crippen molar-refractivity contribution in [3.63, 3.8) is 0 Å². The summed E-state index contributed by atoms with van der Waals surface area (Å²) in [5.74, 6) is -2.33. The van der Waals surface area contributed by atoms with Crippen LogP contribution in [0.25, 0.3) is 11.1 Å². The Morgan fingerprint density at radius 3 is 2.37 bits per heavy atom. The highest BCUT2D eigenvalue weighted by Gasteiger charge is 2.17. The fourth-order valence-electron chi connectivity index (χ4n) is 2.71. The summed E-state index contributed by atoms with van der Waals surface area (Å²) in [4.78, 5) is 23.6. The molecule has 2 N–H and O–H groups in total. The number of para-hydroxylation sites is 1. The molecule has 3 rings (SSSR count). The first-order chi connectivity index (χ1) is 13.0. The number of aliphatic carboxylic acids is 1. The van der Waals surface area contributed by atoms with Crippen molar-refractivity contribution < 1.29 is 19.1 Å². The van der Waals surface area contributed by atoms with Crippen molar-refractivity contribution in [1.82, 2.24) is 0 Å². The third kappa shape index (κ3) is 4.33. The minimum Gasteiger partial charge on any atom is -0.481 e. The number of halogens is 2. The Morgan fingerprint density at radius 1 is 0.963 bits per heavy atom. The first-order valence-electron chi connectivity index (χ1n) is 8.11. The third-order valence-corrected chi connectivity index (χ3v) is 4.26. The zero-order valence-corrected chi connectivity index (χ0v) is 14.8. The normalized spacial score (nSPS) is 10.4. The lowest BCUT2D eigenvalue weighted by Gasteiger charge is -2.12. The Balaban J connectivity index is 1.91. The Morgan fingerprint density at radius 2 is 1.67 bits per heavy atom. The van der Waals surface area contributed by atoms with Gasteiger partial charge in [-0.2, -0.15) is 0 Å². The van der Waals surface area contributed by atoms with Gasteiger partial charge >= 0.3 is 5.97 Å². The molecule has 6 heteroatoms. The summed E-state index contributed by atoms with van der Waals surface area (Å²) >= 11 is 5.86. The zero-order valence-electron chi connectivity index (χ0n) is 14.1. The highest BCUT2D eigenvalue weighted by atomic mass is 35.5. The van der Waals surface area contributed by atoms with Crippen LogP contribution in [0.3, 0.4) is 0 Å². The number of nitrogens with one attached hydrogen (secondary N) is 1. The molecule has 0 aliphatic heterocycles. The summed E-state index contributed by atoms with van der Waals surface area (Å²) in [5, 5.41) is 12.1. The molecule has 27 heavy (non-hydrogen) atoms. The van der Waals surface area contributed by atoms with E-state index in [4.69, 9.17) is 16.7 Å². The van der Waals surface area contributed by atoms with E-state index in [1.165, 1.54) is 6.07 Å². The first-order valence-corrected chi connectivity index (χ1v) is 8.49. The predicted octanol–water partition coefficient (Wildman–Crippen LogP) is 5.03. The number of hydrogen-bond acceptors (Lipinski definition) is 2. The summed E-state index contributed by atoms with van der Waals surface area (Å²) in [6, 6.07) is 17.7. The second kappa shape index (κ2) is 8.01. The lowest BCUT2D eigenvalue weighted by atomic mass is 10.0. The van der Waals surface area contributed by atoms with Gasteiger partial charge in [0.2, 0.25) is 0 Å². The monoisotopic (exact) mass is 383 g/mol.